The summed E-state index contributed by atoms with van der Waals surface area (Å²) >= 11 is 0. The van der Waals surface area contributed by atoms with E-state index in [0.717, 1.165) is 50.2 Å². The van der Waals surface area contributed by atoms with E-state index in [0.29, 0.717) is 0 Å². The van der Waals surface area contributed by atoms with Crippen LogP contribution in [0.1, 0.15) is 0 Å². The molecule has 6 aromatic carbocycles. The molecule has 2 heterocycles. The van der Waals surface area contributed by atoms with Gasteiger partial charge in [0.2, 0.25) is 0 Å². The van der Waals surface area contributed by atoms with Crippen molar-refractivity contribution >= 4 is 22.0 Å². The zero-order chi connectivity index (χ0) is 27.9. The van der Waals surface area contributed by atoms with Gasteiger partial charge in [-0.15, -0.1) is 0 Å². The molecule has 0 unspecified atom stereocenters. The van der Waals surface area contributed by atoms with Crippen molar-refractivity contribution in [3.8, 4) is 50.5 Å². The minimum atomic E-state index is 0.840. The summed E-state index contributed by atoms with van der Waals surface area (Å²) in [5, 5.41) is 1.04. The Morgan fingerprint density at radius 3 is 1.67 bits per heavy atom. The van der Waals surface area contributed by atoms with Crippen LogP contribution in [0.15, 0.2) is 162 Å². The zero-order valence-electron chi connectivity index (χ0n) is 22.8. The van der Waals surface area contributed by atoms with E-state index < -0.39 is 0 Å². The molecule has 0 aliphatic heterocycles. The standard InChI is InChI=1S/C39H26N2O/c1-3-9-27(10-4-1)29-15-17-31(18-16-29)32-21-24-38-34(25-32)35(26-42-38)39-40-36-13-7-8-14-37(36)41(39)33-22-19-30(20-23-33)28-11-5-2-6-12-28/h1-26H. The Kier molecular flexibility index (Phi) is 5.79. The first-order chi connectivity index (χ1) is 20.8. The molecule has 0 fully saturated rings. The summed E-state index contributed by atoms with van der Waals surface area (Å²) in [6.07, 6.45) is 1.84. The fourth-order valence-corrected chi connectivity index (χ4v) is 5.77. The van der Waals surface area contributed by atoms with Crippen LogP contribution in [0, 0.1) is 0 Å². The molecule has 0 aliphatic carbocycles. The van der Waals surface area contributed by atoms with Gasteiger partial charge in [0.05, 0.1) is 16.6 Å². The highest BCUT2D eigenvalue weighted by molar-refractivity contribution is 5.97. The van der Waals surface area contributed by atoms with E-state index in [2.05, 4.69) is 138 Å². The van der Waals surface area contributed by atoms with Crippen LogP contribution in [0.4, 0.5) is 0 Å². The molecule has 0 amide bonds. The lowest BCUT2D eigenvalue weighted by Gasteiger charge is -2.10. The second kappa shape index (κ2) is 10.1. The SMILES string of the molecule is c1ccc(-c2ccc(-c3ccc4occ(-c5nc6ccccc6n5-c5ccc(-c6ccccc6)cc5)c4c3)cc2)cc1. The van der Waals surface area contributed by atoms with Crippen LogP contribution in [-0.4, -0.2) is 9.55 Å². The number of fused-ring (bicyclic) bond motifs is 2. The third-order valence-corrected chi connectivity index (χ3v) is 7.93. The first kappa shape index (κ1) is 24.2. The Morgan fingerprint density at radius 2 is 1.00 bits per heavy atom. The Hall–Kier alpha value is -5.67. The lowest BCUT2D eigenvalue weighted by molar-refractivity contribution is 0.616. The van der Waals surface area contributed by atoms with Crippen molar-refractivity contribution < 1.29 is 4.42 Å². The average molecular weight is 539 g/mol. The number of hydrogen-bond donors (Lipinski definition) is 0. The minimum Gasteiger partial charge on any atom is -0.464 e. The molecule has 0 N–H and O–H groups in total. The molecule has 0 atom stereocenters. The summed E-state index contributed by atoms with van der Waals surface area (Å²) in [5.41, 5.74) is 12.0. The number of hydrogen-bond acceptors (Lipinski definition) is 2. The van der Waals surface area contributed by atoms with Crippen LogP contribution in [0.25, 0.3) is 72.5 Å². The molecule has 0 radical (unpaired) electrons. The predicted molar refractivity (Wildman–Crippen MR) is 173 cm³/mol. The summed E-state index contributed by atoms with van der Waals surface area (Å²) in [4.78, 5) is 5.11. The maximum Gasteiger partial charge on any atom is 0.149 e. The largest absolute Gasteiger partial charge is 0.464 e. The van der Waals surface area contributed by atoms with Crippen molar-refractivity contribution in [3.05, 3.63) is 158 Å². The molecule has 0 spiro atoms. The van der Waals surface area contributed by atoms with E-state index in [-0.39, 0.29) is 0 Å². The van der Waals surface area contributed by atoms with Crippen LogP contribution in [0.5, 0.6) is 0 Å². The van der Waals surface area contributed by atoms with Crippen molar-refractivity contribution in [1.82, 2.24) is 9.55 Å². The van der Waals surface area contributed by atoms with Crippen LogP contribution in [0.2, 0.25) is 0 Å². The molecule has 198 valence electrons. The van der Waals surface area contributed by atoms with E-state index in [1.54, 1.807) is 0 Å². The zero-order valence-corrected chi connectivity index (χ0v) is 22.8. The number of rotatable bonds is 5. The fourth-order valence-electron chi connectivity index (χ4n) is 5.77. The number of aromatic nitrogens is 2. The third kappa shape index (κ3) is 4.20. The summed E-state index contributed by atoms with van der Waals surface area (Å²) in [7, 11) is 0. The minimum absolute atomic E-state index is 0.840. The normalized spacial score (nSPS) is 11.3. The number of benzene rings is 6. The second-order valence-electron chi connectivity index (χ2n) is 10.5. The molecule has 0 bridgehead atoms. The van der Waals surface area contributed by atoms with Gasteiger partial charge in [0.1, 0.15) is 17.7 Å². The third-order valence-electron chi connectivity index (χ3n) is 7.93. The molecule has 2 aromatic heterocycles. The first-order valence-corrected chi connectivity index (χ1v) is 14.1. The van der Waals surface area contributed by atoms with E-state index in [1.807, 2.05) is 24.5 Å². The molecule has 8 aromatic rings. The number of para-hydroxylation sites is 2. The first-order valence-electron chi connectivity index (χ1n) is 14.1. The average Bonchev–Trinajstić information content (AvgIpc) is 3.67. The van der Waals surface area contributed by atoms with Gasteiger partial charge in [0.15, 0.2) is 0 Å². The van der Waals surface area contributed by atoms with E-state index in [1.165, 1.54) is 22.3 Å². The summed E-state index contributed by atoms with van der Waals surface area (Å²) < 4.78 is 8.31. The molecular formula is C39H26N2O. The van der Waals surface area contributed by atoms with Crippen LogP contribution in [-0.2, 0) is 0 Å². The molecule has 0 aliphatic rings. The number of imidazole rings is 1. The smallest absolute Gasteiger partial charge is 0.149 e. The molecule has 3 nitrogen and oxygen atoms in total. The Morgan fingerprint density at radius 1 is 0.476 bits per heavy atom. The lowest BCUT2D eigenvalue weighted by atomic mass is 9.99. The van der Waals surface area contributed by atoms with Gasteiger partial charge >= 0.3 is 0 Å². The fraction of sp³-hybridized carbons (Fsp3) is 0. The van der Waals surface area contributed by atoms with E-state index >= 15 is 0 Å². The summed E-state index contributed by atoms with van der Waals surface area (Å²) in [6, 6.07) is 53.0. The van der Waals surface area contributed by atoms with Crippen LogP contribution in [0.3, 0.4) is 0 Å². The van der Waals surface area contributed by atoms with Gasteiger partial charge in [-0.2, -0.15) is 0 Å². The highest BCUT2D eigenvalue weighted by Crippen LogP contribution is 2.37. The van der Waals surface area contributed by atoms with Gasteiger partial charge in [0.25, 0.3) is 0 Å². The number of furan rings is 1. The van der Waals surface area contributed by atoms with Gasteiger partial charge in [0, 0.05) is 11.1 Å². The van der Waals surface area contributed by atoms with Crippen molar-refractivity contribution in [2.24, 2.45) is 0 Å². The highest BCUT2D eigenvalue weighted by atomic mass is 16.3. The van der Waals surface area contributed by atoms with Crippen molar-refractivity contribution in [2.45, 2.75) is 0 Å². The quantitative estimate of drug-likeness (QED) is 0.218. The maximum absolute atomic E-state index is 6.08. The monoisotopic (exact) mass is 538 g/mol. The van der Waals surface area contributed by atoms with Gasteiger partial charge in [-0.05, 0) is 69.8 Å². The van der Waals surface area contributed by atoms with Gasteiger partial charge < -0.3 is 4.42 Å². The van der Waals surface area contributed by atoms with Crippen molar-refractivity contribution in [3.63, 3.8) is 0 Å². The second-order valence-corrected chi connectivity index (χ2v) is 10.5. The summed E-state index contributed by atoms with van der Waals surface area (Å²) in [6.45, 7) is 0. The topological polar surface area (TPSA) is 31.0 Å². The highest BCUT2D eigenvalue weighted by Gasteiger charge is 2.19. The lowest BCUT2D eigenvalue weighted by Crippen LogP contribution is -1.97. The van der Waals surface area contributed by atoms with Gasteiger partial charge in [-0.25, -0.2) is 4.98 Å². The van der Waals surface area contributed by atoms with Gasteiger partial charge in [-0.1, -0.05) is 115 Å². The summed E-state index contributed by atoms with van der Waals surface area (Å²) in [5.74, 6) is 0.860. The molecule has 3 heteroatoms. The van der Waals surface area contributed by atoms with E-state index in [9.17, 15) is 0 Å². The Labute approximate surface area is 244 Å². The Bertz CT molecular complexity index is 2160. The van der Waals surface area contributed by atoms with Crippen molar-refractivity contribution in [2.75, 3.05) is 0 Å². The van der Waals surface area contributed by atoms with Gasteiger partial charge in [-0.3, -0.25) is 4.57 Å². The van der Waals surface area contributed by atoms with Crippen LogP contribution >= 0.6 is 0 Å². The molecular weight excluding hydrogens is 512 g/mol. The maximum atomic E-state index is 6.08. The van der Waals surface area contributed by atoms with Crippen LogP contribution < -0.4 is 0 Å². The van der Waals surface area contributed by atoms with E-state index in [4.69, 9.17) is 9.40 Å². The van der Waals surface area contributed by atoms with Crippen molar-refractivity contribution in [1.29, 1.82) is 0 Å². The molecule has 0 saturated carbocycles. The molecule has 42 heavy (non-hydrogen) atoms. The Balaban J connectivity index is 1.23. The predicted octanol–water partition coefficient (Wildman–Crippen LogP) is 10.4. The molecule has 0 saturated heterocycles. The molecule has 8 rings (SSSR count). The number of nitrogens with zero attached hydrogens (tertiary/aromatic N) is 2.